The Hall–Kier alpha value is -4.13. The van der Waals surface area contributed by atoms with E-state index in [-0.39, 0.29) is 11.3 Å². The molecule has 0 bridgehead atoms. The summed E-state index contributed by atoms with van der Waals surface area (Å²) in [6.07, 6.45) is 7.55. The number of ketones is 1. The monoisotopic (exact) mass is 443 g/mol. The molecule has 2 aromatic carbocycles. The number of aryl methyl sites for hydroxylation is 1. The van der Waals surface area contributed by atoms with Crippen molar-refractivity contribution in [1.29, 1.82) is 0 Å². The van der Waals surface area contributed by atoms with Gasteiger partial charge in [0, 0.05) is 31.0 Å². The summed E-state index contributed by atoms with van der Waals surface area (Å²) in [6.45, 7) is 5.01. The van der Waals surface area contributed by atoms with Crippen LogP contribution in [0.1, 0.15) is 23.6 Å². The van der Waals surface area contributed by atoms with Gasteiger partial charge in [-0.15, -0.1) is 0 Å². The molecular formula is C26H25N3O4. The second-order valence-electron chi connectivity index (χ2n) is 7.68. The van der Waals surface area contributed by atoms with Crippen LogP contribution in [-0.4, -0.2) is 44.4 Å². The maximum Gasteiger partial charge on any atom is 0.295 e. The fourth-order valence-corrected chi connectivity index (χ4v) is 3.95. The van der Waals surface area contributed by atoms with Gasteiger partial charge in [-0.25, -0.2) is 4.98 Å². The van der Waals surface area contributed by atoms with Crippen LogP contribution in [0.25, 0.3) is 5.76 Å². The number of hydrogen-bond acceptors (Lipinski definition) is 5. The molecule has 1 fully saturated rings. The Morgan fingerprint density at radius 2 is 1.85 bits per heavy atom. The van der Waals surface area contributed by atoms with Crippen molar-refractivity contribution in [2.24, 2.45) is 0 Å². The van der Waals surface area contributed by atoms with Crippen LogP contribution in [0.4, 0.5) is 0 Å². The predicted octanol–water partition coefficient (Wildman–Crippen LogP) is 3.96. The zero-order valence-corrected chi connectivity index (χ0v) is 18.1. The molecule has 33 heavy (non-hydrogen) atoms. The molecule has 7 nitrogen and oxygen atoms in total. The standard InChI is InChI=1S/C26H25N3O4/c1-2-17-33-21-11-9-20(10-12-21)24(30)22-23(19-7-4-3-5-8-19)29(26(32)25(22)31)15-6-14-28-16-13-27-18-28/h2-5,7-13,16,18,23,30H,1,6,14-15,17H2/t23-/m0/s1. The number of ether oxygens (including phenoxy) is 1. The maximum atomic E-state index is 13.1. The van der Waals surface area contributed by atoms with Crippen LogP contribution in [0.15, 0.2) is 91.5 Å². The Balaban J connectivity index is 1.66. The van der Waals surface area contributed by atoms with Gasteiger partial charge in [0.1, 0.15) is 18.1 Å². The van der Waals surface area contributed by atoms with E-state index in [0.717, 1.165) is 5.56 Å². The minimum atomic E-state index is -0.684. The molecular weight excluding hydrogens is 418 g/mol. The van der Waals surface area contributed by atoms with Gasteiger partial charge >= 0.3 is 0 Å². The van der Waals surface area contributed by atoms with Crippen LogP contribution < -0.4 is 4.74 Å². The quantitative estimate of drug-likeness (QED) is 0.234. The number of Topliss-reactive ketones (excluding diaryl/α,β-unsaturated/α-hetero) is 1. The molecule has 2 heterocycles. The molecule has 7 heteroatoms. The van der Waals surface area contributed by atoms with Crippen LogP contribution in [0, 0.1) is 0 Å². The van der Waals surface area contributed by atoms with E-state index in [4.69, 9.17) is 4.74 Å². The molecule has 1 aliphatic heterocycles. The molecule has 1 saturated heterocycles. The molecule has 1 amide bonds. The lowest BCUT2D eigenvalue weighted by Crippen LogP contribution is -2.31. The van der Waals surface area contributed by atoms with Gasteiger partial charge in [-0.1, -0.05) is 43.0 Å². The van der Waals surface area contributed by atoms with Crippen molar-refractivity contribution < 1.29 is 19.4 Å². The average molecular weight is 444 g/mol. The summed E-state index contributed by atoms with van der Waals surface area (Å²) in [5.41, 5.74) is 1.30. The Bertz CT molecular complexity index is 1150. The number of nitrogens with zero attached hydrogens (tertiary/aromatic N) is 3. The number of imidazole rings is 1. The summed E-state index contributed by atoms with van der Waals surface area (Å²) in [5.74, 6) is -0.876. The molecule has 0 saturated carbocycles. The third kappa shape index (κ3) is 4.72. The van der Waals surface area contributed by atoms with Gasteiger partial charge in [0.25, 0.3) is 11.7 Å². The molecule has 4 rings (SSSR count). The second kappa shape index (κ2) is 9.99. The van der Waals surface area contributed by atoms with Crippen LogP contribution in [0.2, 0.25) is 0 Å². The topological polar surface area (TPSA) is 84.7 Å². The third-order valence-electron chi connectivity index (χ3n) is 5.53. The Labute approximate surface area is 192 Å². The highest BCUT2D eigenvalue weighted by molar-refractivity contribution is 6.46. The van der Waals surface area contributed by atoms with Gasteiger partial charge < -0.3 is 19.3 Å². The highest BCUT2D eigenvalue weighted by Gasteiger charge is 2.45. The van der Waals surface area contributed by atoms with Crippen molar-refractivity contribution >= 4 is 17.4 Å². The number of aromatic nitrogens is 2. The minimum Gasteiger partial charge on any atom is -0.507 e. The van der Waals surface area contributed by atoms with Gasteiger partial charge in [-0.05, 0) is 36.2 Å². The van der Waals surface area contributed by atoms with Gasteiger partial charge in [0.05, 0.1) is 17.9 Å². The summed E-state index contributed by atoms with van der Waals surface area (Å²) < 4.78 is 7.41. The zero-order valence-electron chi connectivity index (χ0n) is 18.1. The van der Waals surface area contributed by atoms with Crippen LogP contribution >= 0.6 is 0 Å². The summed E-state index contributed by atoms with van der Waals surface area (Å²) in [4.78, 5) is 31.6. The van der Waals surface area contributed by atoms with Gasteiger partial charge in [0.2, 0.25) is 0 Å². The first-order valence-electron chi connectivity index (χ1n) is 10.7. The van der Waals surface area contributed by atoms with E-state index in [2.05, 4.69) is 11.6 Å². The van der Waals surface area contributed by atoms with E-state index in [1.165, 1.54) is 0 Å². The lowest BCUT2D eigenvalue weighted by molar-refractivity contribution is -0.139. The summed E-state index contributed by atoms with van der Waals surface area (Å²) in [5, 5.41) is 11.1. The van der Waals surface area contributed by atoms with Gasteiger partial charge in [-0.2, -0.15) is 0 Å². The molecule has 0 radical (unpaired) electrons. The zero-order chi connectivity index (χ0) is 23.2. The number of aliphatic hydroxyl groups excluding tert-OH is 1. The van der Waals surface area contributed by atoms with Crippen molar-refractivity contribution in [3.8, 4) is 5.75 Å². The molecule has 0 spiro atoms. The van der Waals surface area contributed by atoms with E-state index < -0.39 is 17.7 Å². The lowest BCUT2D eigenvalue weighted by atomic mass is 9.95. The first-order valence-corrected chi connectivity index (χ1v) is 10.7. The van der Waals surface area contributed by atoms with E-state index in [1.807, 2.05) is 41.1 Å². The van der Waals surface area contributed by atoms with Crippen molar-refractivity contribution in [2.75, 3.05) is 13.2 Å². The van der Waals surface area contributed by atoms with Crippen LogP contribution in [-0.2, 0) is 16.1 Å². The van der Waals surface area contributed by atoms with E-state index in [1.54, 1.807) is 47.8 Å². The summed E-state index contributed by atoms with van der Waals surface area (Å²) >= 11 is 0. The fourth-order valence-electron chi connectivity index (χ4n) is 3.95. The molecule has 1 N–H and O–H groups in total. The number of aliphatic hydroxyl groups is 1. The summed E-state index contributed by atoms with van der Waals surface area (Å²) in [6, 6.07) is 15.4. The third-order valence-corrected chi connectivity index (χ3v) is 5.53. The molecule has 0 aliphatic carbocycles. The second-order valence-corrected chi connectivity index (χ2v) is 7.68. The molecule has 168 valence electrons. The molecule has 1 atom stereocenters. The average Bonchev–Trinajstić information content (AvgIpc) is 3.45. The maximum absolute atomic E-state index is 13.1. The Morgan fingerprint density at radius 1 is 1.09 bits per heavy atom. The first kappa shape index (κ1) is 22.1. The number of hydrogen-bond donors (Lipinski definition) is 1. The molecule has 1 aliphatic rings. The Morgan fingerprint density at radius 3 is 2.52 bits per heavy atom. The number of carbonyl (C=O) groups is 2. The first-order chi connectivity index (χ1) is 16.1. The molecule has 1 aromatic heterocycles. The highest BCUT2D eigenvalue weighted by atomic mass is 16.5. The fraction of sp³-hybridized carbons (Fsp3) is 0.192. The number of carbonyl (C=O) groups excluding carboxylic acids is 2. The number of rotatable bonds is 9. The van der Waals surface area contributed by atoms with Gasteiger partial charge in [-0.3, -0.25) is 9.59 Å². The van der Waals surface area contributed by atoms with Gasteiger partial charge in [0.15, 0.2) is 0 Å². The van der Waals surface area contributed by atoms with E-state index >= 15 is 0 Å². The smallest absolute Gasteiger partial charge is 0.295 e. The highest BCUT2D eigenvalue weighted by Crippen LogP contribution is 2.39. The number of likely N-dealkylation sites (tertiary alicyclic amines) is 1. The Kier molecular flexibility index (Phi) is 6.69. The largest absolute Gasteiger partial charge is 0.507 e. The normalized spacial score (nSPS) is 17.3. The predicted molar refractivity (Wildman–Crippen MR) is 124 cm³/mol. The van der Waals surface area contributed by atoms with Crippen molar-refractivity contribution in [2.45, 2.75) is 19.0 Å². The molecule has 3 aromatic rings. The minimum absolute atomic E-state index is 0.0913. The van der Waals surface area contributed by atoms with Crippen molar-refractivity contribution in [3.05, 3.63) is 103 Å². The number of benzene rings is 2. The van der Waals surface area contributed by atoms with Crippen molar-refractivity contribution in [3.63, 3.8) is 0 Å². The number of amides is 1. The SMILES string of the molecule is C=CCOc1ccc(C(O)=C2C(=O)C(=O)N(CCCn3ccnc3)[C@H]2c2ccccc2)cc1. The van der Waals surface area contributed by atoms with Crippen LogP contribution in [0.3, 0.4) is 0 Å². The summed E-state index contributed by atoms with van der Waals surface area (Å²) in [7, 11) is 0. The van der Waals surface area contributed by atoms with E-state index in [0.29, 0.717) is 37.4 Å². The molecule has 0 unspecified atom stereocenters. The van der Waals surface area contributed by atoms with E-state index in [9.17, 15) is 14.7 Å². The lowest BCUT2D eigenvalue weighted by Gasteiger charge is -2.25. The van der Waals surface area contributed by atoms with Crippen LogP contribution in [0.5, 0.6) is 5.75 Å². The van der Waals surface area contributed by atoms with Crippen molar-refractivity contribution in [1.82, 2.24) is 14.5 Å².